The smallest absolute Gasteiger partial charge is 0.195 e. The van der Waals surface area contributed by atoms with Crippen molar-refractivity contribution in [3.05, 3.63) is 36.2 Å². The van der Waals surface area contributed by atoms with Crippen LogP contribution >= 0.6 is 11.8 Å². The van der Waals surface area contributed by atoms with Crippen LogP contribution in [0.15, 0.2) is 40.5 Å². The molecule has 5 nitrogen and oxygen atoms in total. The second kappa shape index (κ2) is 6.58. The molecular formula is C14H18N4OS. The maximum absolute atomic E-state index is 5.41. The Morgan fingerprint density at radius 1 is 1.20 bits per heavy atom. The molecule has 1 aromatic carbocycles. The lowest BCUT2D eigenvalue weighted by Crippen LogP contribution is -2.10. The van der Waals surface area contributed by atoms with Crippen LogP contribution in [0.5, 0.6) is 5.75 Å². The van der Waals surface area contributed by atoms with Crippen LogP contribution in [-0.2, 0) is 0 Å². The molecule has 1 aromatic heterocycles. The lowest BCUT2D eigenvalue weighted by molar-refractivity contribution is 0.400. The number of methoxy groups -OCH3 is 1. The third-order valence-corrected chi connectivity index (χ3v) is 3.87. The number of nitrogens with two attached hydrogens (primary N) is 1. The second-order valence-electron chi connectivity index (χ2n) is 4.53. The molecule has 1 heterocycles. The zero-order valence-electron chi connectivity index (χ0n) is 11.8. The van der Waals surface area contributed by atoms with Crippen LogP contribution in [0.25, 0.3) is 0 Å². The van der Waals surface area contributed by atoms with Crippen molar-refractivity contribution < 1.29 is 4.74 Å². The van der Waals surface area contributed by atoms with E-state index in [1.165, 1.54) is 23.7 Å². The first kappa shape index (κ1) is 14.6. The first-order chi connectivity index (χ1) is 9.65. The minimum atomic E-state index is 0.476. The Labute approximate surface area is 122 Å². The molecule has 20 heavy (non-hydrogen) atoms. The fraction of sp³-hybridized carbons (Fsp3) is 0.286. The monoisotopic (exact) mass is 290 g/mol. The van der Waals surface area contributed by atoms with Crippen molar-refractivity contribution in [2.75, 3.05) is 12.5 Å². The fourth-order valence-corrected chi connectivity index (χ4v) is 2.62. The Bertz CT molecular complexity index is 572. The van der Waals surface area contributed by atoms with Gasteiger partial charge in [-0.1, -0.05) is 37.7 Å². The molecule has 0 amide bonds. The molecule has 106 valence electrons. The van der Waals surface area contributed by atoms with Gasteiger partial charge in [-0.05, 0) is 23.6 Å². The van der Waals surface area contributed by atoms with E-state index in [1.54, 1.807) is 7.11 Å². The van der Waals surface area contributed by atoms with E-state index in [-0.39, 0.29) is 0 Å². The first-order valence-corrected chi connectivity index (χ1v) is 7.10. The minimum absolute atomic E-state index is 0.476. The molecule has 2 rings (SSSR count). The van der Waals surface area contributed by atoms with Crippen molar-refractivity contribution in [3.8, 4) is 5.75 Å². The summed E-state index contributed by atoms with van der Waals surface area (Å²) in [5, 5.41) is 0.729. The maximum atomic E-state index is 5.41. The summed E-state index contributed by atoms with van der Waals surface area (Å²) in [6.45, 7) is 4.35. The lowest BCUT2D eigenvalue weighted by atomic mass is 10.0. The number of hydrogen-bond donors (Lipinski definition) is 2. The highest BCUT2D eigenvalue weighted by Gasteiger charge is 2.12. The Hall–Kier alpha value is -1.79. The summed E-state index contributed by atoms with van der Waals surface area (Å²) in [6.07, 6.45) is 1.46. The van der Waals surface area contributed by atoms with Crippen LogP contribution in [0.2, 0.25) is 0 Å². The topological polar surface area (TPSA) is 73.1 Å². The van der Waals surface area contributed by atoms with Crippen molar-refractivity contribution in [3.63, 3.8) is 0 Å². The predicted molar refractivity (Wildman–Crippen MR) is 81.0 cm³/mol. The molecule has 0 spiro atoms. The molecule has 0 aliphatic heterocycles. The standard InChI is InChI=1S/C14H18N4OS/c1-9(2)10-4-6-11(7-5-10)20-14-12(19-3)13(18-15)16-8-17-14/h4-9H,15H2,1-3H3,(H,16,17,18). The molecule has 0 unspecified atom stereocenters. The summed E-state index contributed by atoms with van der Waals surface area (Å²) < 4.78 is 5.31. The Balaban J connectivity index is 2.25. The second-order valence-corrected chi connectivity index (χ2v) is 5.59. The highest BCUT2D eigenvalue weighted by molar-refractivity contribution is 7.99. The van der Waals surface area contributed by atoms with E-state index in [0.717, 1.165) is 9.92 Å². The summed E-state index contributed by atoms with van der Waals surface area (Å²) in [6, 6.07) is 8.42. The summed E-state index contributed by atoms with van der Waals surface area (Å²) in [4.78, 5) is 9.36. The number of rotatable bonds is 5. The largest absolute Gasteiger partial charge is 0.490 e. The molecule has 6 heteroatoms. The van der Waals surface area contributed by atoms with Crippen molar-refractivity contribution >= 4 is 17.6 Å². The number of nitrogens with zero attached hydrogens (tertiary/aromatic N) is 2. The first-order valence-electron chi connectivity index (χ1n) is 6.29. The molecule has 0 bridgehead atoms. The van der Waals surface area contributed by atoms with E-state index >= 15 is 0 Å². The van der Waals surface area contributed by atoms with E-state index in [0.29, 0.717) is 17.5 Å². The molecule has 0 saturated carbocycles. The quantitative estimate of drug-likeness (QED) is 0.501. The zero-order chi connectivity index (χ0) is 14.5. The molecule has 0 radical (unpaired) electrons. The number of nitrogen functional groups attached to an aromatic ring is 1. The van der Waals surface area contributed by atoms with Crippen LogP contribution in [0.1, 0.15) is 25.3 Å². The van der Waals surface area contributed by atoms with E-state index in [1.807, 2.05) is 0 Å². The van der Waals surface area contributed by atoms with Crippen LogP contribution in [-0.4, -0.2) is 17.1 Å². The molecular weight excluding hydrogens is 272 g/mol. The highest BCUT2D eigenvalue weighted by Crippen LogP contribution is 2.36. The zero-order valence-corrected chi connectivity index (χ0v) is 12.6. The third-order valence-electron chi connectivity index (χ3n) is 2.87. The van der Waals surface area contributed by atoms with Gasteiger partial charge in [-0.25, -0.2) is 15.8 Å². The fourth-order valence-electron chi connectivity index (χ4n) is 1.75. The summed E-state index contributed by atoms with van der Waals surface area (Å²) in [5.41, 5.74) is 3.82. The molecule has 0 atom stereocenters. The van der Waals surface area contributed by atoms with Crippen molar-refractivity contribution in [2.45, 2.75) is 29.7 Å². The maximum Gasteiger partial charge on any atom is 0.195 e. The van der Waals surface area contributed by atoms with E-state index in [9.17, 15) is 0 Å². The van der Waals surface area contributed by atoms with Crippen molar-refractivity contribution in [1.29, 1.82) is 0 Å². The van der Waals surface area contributed by atoms with Crippen LogP contribution < -0.4 is 16.0 Å². The summed E-state index contributed by atoms with van der Waals surface area (Å²) >= 11 is 1.52. The predicted octanol–water partition coefficient (Wildman–Crippen LogP) is 3.05. The van der Waals surface area contributed by atoms with Gasteiger partial charge in [0.1, 0.15) is 11.4 Å². The number of hydrogen-bond acceptors (Lipinski definition) is 6. The number of aromatic nitrogens is 2. The van der Waals surface area contributed by atoms with E-state index in [2.05, 4.69) is 53.5 Å². The Kier molecular flexibility index (Phi) is 4.81. The van der Waals surface area contributed by atoms with Gasteiger partial charge in [-0.15, -0.1) is 0 Å². The van der Waals surface area contributed by atoms with Gasteiger partial charge in [-0.3, -0.25) is 0 Å². The molecule has 0 aliphatic rings. The average molecular weight is 290 g/mol. The van der Waals surface area contributed by atoms with E-state index in [4.69, 9.17) is 10.6 Å². The number of anilines is 1. The normalized spacial score (nSPS) is 10.7. The molecule has 0 saturated heterocycles. The summed E-state index contributed by atoms with van der Waals surface area (Å²) in [7, 11) is 1.57. The SMILES string of the molecule is COc1c(NN)ncnc1Sc1ccc(C(C)C)cc1. The van der Waals surface area contributed by atoms with Gasteiger partial charge in [0.2, 0.25) is 0 Å². The van der Waals surface area contributed by atoms with Crippen LogP contribution in [0, 0.1) is 0 Å². The van der Waals surface area contributed by atoms with Crippen molar-refractivity contribution in [1.82, 2.24) is 9.97 Å². The lowest BCUT2D eigenvalue weighted by Gasteiger charge is -2.11. The van der Waals surface area contributed by atoms with Crippen LogP contribution in [0.3, 0.4) is 0 Å². The number of hydrazine groups is 1. The van der Waals surface area contributed by atoms with Gasteiger partial charge >= 0.3 is 0 Å². The minimum Gasteiger partial charge on any atom is -0.490 e. The Morgan fingerprint density at radius 3 is 2.45 bits per heavy atom. The number of benzene rings is 1. The highest BCUT2D eigenvalue weighted by atomic mass is 32.2. The van der Waals surface area contributed by atoms with Gasteiger partial charge in [-0.2, -0.15) is 0 Å². The van der Waals surface area contributed by atoms with Gasteiger partial charge in [0.15, 0.2) is 11.6 Å². The van der Waals surface area contributed by atoms with Gasteiger partial charge in [0.25, 0.3) is 0 Å². The van der Waals surface area contributed by atoms with Gasteiger partial charge < -0.3 is 10.2 Å². The molecule has 2 aromatic rings. The molecule has 0 aliphatic carbocycles. The Morgan fingerprint density at radius 2 is 1.90 bits per heavy atom. The summed E-state index contributed by atoms with van der Waals surface area (Å²) in [5.74, 6) is 6.96. The number of nitrogens with one attached hydrogen (secondary N) is 1. The third kappa shape index (κ3) is 3.20. The van der Waals surface area contributed by atoms with Crippen molar-refractivity contribution in [2.24, 2.45) is 5.84 Å². The average Bonchev–Trinajstić information content (AvgIpc) is 2.47. The van der Waals surface area contributed by atoms with E-state index < -0.39 is 0 Å². The van der Waals surface area contributed by atoms with Gasteiger partial charge in [0, 0.05) is 4.90 Å². The molecule has 0 fully saturated rings. The number of ether oxygens (including phenoxy) is 1. The van der Waals surface area contributed by atoms with Gasteiger partial charge in [0.05, 0.1) is 7.11 Å². The van der Waals surface area contributed by atoms with Crippen LogP contribution in [0.4, 0.5) is 5.82 Å². The molecule has 3 N–H and O–H groups in total.